The lowest BCUT2D eigenvalue weighted by Gasteiger charge is -2.26. The van der Waals surface area contributed by atoms with E-state index in [1.54, 1.807) is 12.5 Å². The third kappa shape index (κ3) is 3.75. The number of carbonyl (C=O) groups excluding carboxylic acids is 1. The summed E-state index contributed by atoms with van der Waals surface area (Å²) in [5.41, 5.74) is 2.61. The van der Waals surface area contributed by atoms with E-state index in [1.807, 2.05) is 41.3 Å². The highest BCUT2D eigenvalue weighted by atomic mass is 16.5. The van der Waals surface area contributed by atoms with Crippen LogP contribution < -0.4 is 4.74 Å². The summed E-state index contributed by atoms with van der Waals surface area (Å²) in [6.07, 6.45) is 6.00. The summed E-state index contributed by atoms with van der Waals surface area (Å²) in [4.78, 5) is 23.1. The van der Waals surface area contributed by atoms with E-state index >= 15 is 0 Å². The van der Waals surface area contributed by atoms with Crippen LogP contribution in [-0.4, -0.2) is 53.7 Å². The largest absolute Gasteiger partial charge is 0.488 e. The maximum Gasteiger partial charge on any atom is 0.253 e. The number of carbonyl (C=O) groups is 1. The maximum atomic E-state index is 13.0. The molecule has 1 unspecified atom stereocenters. The number of amides is 1. The van der Waals surface area contributed by atoms with Crippen molar-refractivity contribution in [2.24, 2.45) is 5.92 Å². The molecule has 0 N–H and O–H groups in total. The van der Waals surface area contributed by atoms with Crippen molar-refractivity contribution >= 4 is 12.0 Å². The van der Waals surface area contributed by atoms with Crippen LogP contribution in [0.25, 0.3) is 6.08 Å². The van der Waals surface area contributed by atoms with Crippen LogP contribution in [0.1, 0.15) is 11.3 Å². The van der Waals surface area contributed by atoms with Crippen LogP contribution in [0.2, 0.25) is 0 Å². The molecule has 1 amide bonds. The minimum atomic E-state index is 0.0256. The molecule has 1 aromatic heterocycles. The van der Waals surface area contributed by atoms with Gasteiger partial charge in [0.25, 0.3) is 5.91 Å². The third-order valence-electron chi connectivity index (χ3n) is 4.67. The van der Waals surface area contributed by atoms with Gasteiger partial charge in [0.15, 0.2) is 0 Å². The average Bonchev–Trinajstić information content (AvgIpc) is 2.93. The van der Waals surface area contributed by atoms with Crippen LogP contribution in [0.15, 0.2) is 48.4 Å². The zero-order valence-electron chi connectivity index (χ0n) is 14.5. The fraction of sp³-hybridized carbons (Fsp3) is 0.350. The smallest absolute Gasteiger partial charge is 0.253 e. The number of ether oxygens (including phenoxy) is 2. The van der Waals surface area contributed by atoms with E-state index in [4.69, 9.17) is 9.47 Å². The zero-order chi connectivity index (χ0) is 17.8. The Morgan fingerprint density at radius 3 is 3.08 bits per heavy atom. The quantitative estimate of drug-likeness (QED) is 0.846. The van der Waals surface area contributed by atoms with Crippen LogP contribution in [0.3, 0.4) is 0 Å². The fourth-order valence-electron chi connectivity index (χ4n) is 3.37. The minimum Gasteiger partial charge on any atom is -0.488 e. The molecule has 1 saturated heterocycles. The van der Waals surface area contributed by atoms with Crippen molar-refractivity contribution in [3.8, 4) is 5.75 Å². The Morgan fingerprint density at radius 1 is 1.27 bits per heavy atom. The van der Waals surface area contributed by atoms with Crippen LogP contribution in [0, 0.1) is 5.92 Å². The van der Waals surface area contributed by atoms with Gasteiger partial charge in [0.2, 0.25) is 0 Å². The fourth-order valence-corrected chi connectivity index (χ4v) is 3.37. The third-order valence-corrected chi connectivity index (χ3v) is 4.67. The van der Waals surface area contributed by atoms with Gasteiger partial charge in [-0.1, -0.05) is 18.2 Å². The van der Waals surface area contributed by atoms with Crippen LogP contribution in [0.4, 0.5) is 0 Å². The molecule has 0 aliphatic carbocycles. The van der Waals surface area contributed by atoms with Gasteiger partial charge in [-0.3, -0.25) is 4.79 Å². The number of para-hydroxylation sites is 1. The first-order valence-electron chi connectivity index (χ1n) is 8.84. The zero-order valence-corrected chi connectivity index (χ0v) is 14.5. The number of rotatable bonds is 3. The molecule has 6 nitrogen and oxygen atoms in total. The Hall–Kier alpha value is -2.73. The van der Waals surface area contributed by atoms with E-state index in [1.165, 1.54) is 0 Å². The van der Waals surface area contributed by atoms with Crippen molar-refractivity contribution in [1.82, 2.24) is 14.9 Å². The molecule has 3 heterocycles. The molecule has 2 aliphatic rings. The molecule has 26 heavy (non-hydrogen) atoms. The van der Waals surface area contributed by atoms with Crippen molar-refractivity contribution in [1.29, 1.82) is 0 Å². The molecule has 0 radical (unpaired) electrons. The van der Waals surface area contributed by atoms with Crippen molar-refractivity contribution in [3.63, 3.8) is 0 Å². The normalized spacial score (nSPS) is 19.8. The number of hydrogen-bond donors (Lipinski definition) is 0. The number of hydrogen-bond acceptors (Lipinski definition) is 5. The summed E-state index contributed by atoms with van der Waals surface area (Å²) >= 11 is 0. The monoisotopic (exact) mass is 351 g/mol. The summed E-state index contributed by atoms with van der Waals surface area (Å²) in [6, 6.07) is 9.67. The highest BCUT2D eigenvalue weighted by Gasteiger charge is 2.27. The van der Waals surface area contributed by atoms with E-state index in [0.717, 1.165) is 23.4 Å². The first-order valence-corrected chi connectivity index (χ1v) is 8.84. The van der Waals surface area contributed by atoms with Gasteiger partial charge in [-0.15, -0.1) is 0 Å². The maximum absolute atomic E-state index is 13.0. The molecule has 2 aromatic rings. The van der Waals surface area contributed by atoms with E-state index in [-0.39, 0.29) is 11.8 Å². The molecule has 0 spiro atoms. The second-order valence-corrected chi connectivity index (χ2v) is 6.59. The summed E-state index contributed by atoms with van der Waals surface area (Å²) < 4.78 is 11.5. The van der Waals surface area contributed by atoms with Crippen molar-refractivity contribution < 1.29 is 14.3 Å². The Labute approximate surface area is 152 Å². The van der Waals surface area contributed by atoms with Crippen molar-refractivity contribution in [2.75, 3.05) is 32.9 Å². The minimum absolute atomic E-state index is 0.0256. The highest BCUT2D eigenvalue weighted by molar-refractivity contribution is 5.99. The number of benzene rings is 1. The molecule has 1 fully saturated rings. The topological polar surface area (TPSA) is 64.5 Å². The number of fused-ring (bicyclic) bond motifs is 1. The van der Waals surface area contributed by atoms with Crippen LogP contribution in [0.5, 0.6) is 5.75 Å². The summed E-state index contributed by atoms with van der Waals surface area (Å²) in [5, 5.41) is 0. The average molecular weight is 351 g/mol. The Kier molecular flexibility index (Phi) is 4.93. The molecule has 134 valence electrons. The Morgan fingerprint density at radius 2 is 2.19 bits per heavy atom. The summed E-state index contributed by atoms with van der Waals surface area (Å²) in [7, 11) is 0. The van der Waals surface area contributed by atoms with Gasteiger partial charge in [0.1, 0.15) is 18.7 Å². The van der Waals surface area contributed by atoms with Crippen LogP contribution in [-0.2, 0) is 16.0 Å². The highest BCUT2D eigenvalue weighted by Crippen LogP contribution is 2.27. The van der Waals surface area contributed by atoms with E-state index < -0.39 is 0 Å². The first-order chi connectivity index (χ1) is 12.8. The molecule has 1 aromatic carbocycles. The first kappa shape index (κ1) is 16.7. The predicted molar refractivity (Wildman–Crippen MR) is 96.5 cm³/mol. The predicted octanol–water partition coefficient (Wildman–Crippen LogP) is 1.97. The number of nitrogens with zero attached hydrogens (tertiary/aromatic N) is 3. The SMILES string of the molecule is O=C(C1=Cc2ccccc2OC1)N1CCOCC(Cc2ccncn2)C1. The standard InChI is InChI=1S/C20H21N3O3/c24-20(17-10-16-3-1-2-4-19(16)26-13-17)23-7-8-25-12-15(11-23)9-18-5-6-21-14-22-18/h1-6,10,14-15H,7-9,11-13H2. The molecule has 0 saturated carbocycles. The lowest BCUT2D eigenvalue weighted by molar-refractivity contribution is -0.127. The van der Waals surface area contributed by atoms with Gasteiger partial charge in [-0.25, -0.2) is 9.97 Å². The van der Waals surface area contributed by atoms with Gasteiger partial charge in [-0.2, -0.15) is 0 Å². The van der Waals surface area contributed by atoms with Gasteiger partial charge in [0.05, 0.1) is 18.8 Å². The van der Waals surface area contributed by atoms with Crippen LogP contribution >= 0.6 is 0 Å². The lowest BCUT2D eigenvalue weighted by Crippen LogP contribution is -2.38. The van der Waals surface area contributed by atoms with Crippen molar-refractivity contribution in [2.45, 2.75) is 6.42 Å². The van der Waals surface area contributed by atoms with E-state index in [0.29, 0.717) is 38.5 Å². The van der Waals surface area contributed by atoms with Crippen molar-refractivity contribution in [3.05, 3.63) is 59.7 Å². The molecule has 1 atom stereocenters. The summed E-state index contributed by atoms with van der Waals surface area (Å²) in [5.74, 6) is 1.07. The van der Waals surface area contributed by atoms with Gasteiger partial charge >= 0.3 is 0 Å². The van der Waals surface area contributed by atoms with E-state index in [9.17, 15) is 4.79 Å². The Balaban J connectivity index is 1.47. The lowest BCUT2D eigenvalue weighted by atomic mass is 10.0. The molecule has 2 aliphatic heterocycles. The molecule has 6 heteroatoms. The molecular weight excluding hydrogens is 330 g/mol. The second kappa shape index (κ2) is 7.66. The van der Waals surface area contributed by atoms with Gasteiger partial charge < -0.3 is 14.4 Å². The van der Waals surface area contributed by atoms with E-state index in [2.05, 4.69) is 9.97 Å². The molecular formula is C20H21N3O3. The Bertz CT molecular complexity index is 807. The summed E-state index contributed by atoms with van der Waals surface area (Å²) in [6.45, 7) is 2.74. The van der Waals surface area contributed by atoms with Gasteiger partial charge in [0, 0.05) is 36.5 Å². The second-order valence-electron chi connectivity index (χ2n) is 6.59. The number of aromatic nitrogens is 2. The molecule has 0 bridgehead atoms. The van der Waals surface area contributed by atoms with Gasteiger partial charge in [-0.05, 0) is 24.6 Å². The molecule has 4 rings (SSSR count).